The number of fused-ring (bicyclic) bond motifs is 2. The highest BCUT2D eigenvalue weighted by atomic mass is 28.2. The third kappa shape index (κ3) is 2.17. The van der Waals surface area contributed by atoms with E-state index in [2.05, 4.69) is 23.5 Å². The number of hydrogen-bond acceptors (Lipinski definition) is 1. The molecule has 2 aliphatic carbocycles. The van der Waals surface area contributed by atoms with E-state index < -0.39 is 0 Å². The average molecular weight is 170 g/mol. The quantitative estimate of drug-likeness (QED) is 0.393. The van der Waals surface area contributed by atoms with Crippen molar-refractivity contribution < 1.29 is 4.43 Å². The van der Waals surface area contributed by atoms with E-state index in [4.69, 9.17) is 0 Å². The van der Waals surface area contributed by atoms with Crippen LogP contribution < -0.4 is 0 Å². The predicted octanol–water partition coefficient (Wildman–Crippen LogP) is 1.28. The lowest BCUT2D eigenvalue weighted by molar-refractivity contribution is 0.455. The summed E-state index contributed by atoms with van der Waals surface area (Å²) in [6.07, 6.45) is 9.12. The van der Waals surface area contributed by atoms with Crippen LogP contribution in [0.25, 0.3) is 0 Å². The minimum atomic E-state index is 0.630. The Morgan fingerprint density at radius 1 is 1.64 bits per heavy atom. The fourth-order valence-electron chi connectivity index (χ4n) is 2.00. The van der Waals surface area contributed by atoms with Gasteiger partial charge in [0.05, 0.1) is 0 Å². The van der Waals surface area contributed by atoms with Gasteiger partial charge in [0.15, 0.2) is 0 Å². The Morgan fingerprint density at radius 3 is 2.36 bits per heavy atom. The zero-order valence-electron chi connectivity index (χ0n) is 7.76. The number of rotatable bonds is 0. The lowest BCUT2D eigenvalue weighted by Gasteiger charge is -2.14. The van der Waals surface area contributed by atoms with Crippen LogP contribution in [0, 0.1) is 11.3 Å². The van der Waals surface area contributed by atoms with Gasteiger partial charge in [-0.2, -0.15) is 0 Å². The molecule has 1 nitrogen and oxygen atoms in total. The van der Waals surface area contributed by atoms with E-state index >= 15 is 0 Å². The maximum atomic E-state index is 4.39. The molecule has 2 aliphatic rings. The first kappa shape index (κ1) is 9.01. The van der Waals surface area contributed by atoms with Gasteiger partial charge in [0.1, 0.15) is 10.5 Å². The van der Waals surface area contributed by atoms with Crippen molar-refractivity contribution in [2.75, 3.05) is 7.11 Å². The van der Waals surface area contributed by atoms with Crippen molar-refractivity contribution in [1.82, 2.24) is 0 Å². The Bertz CT molecular complexity index is 156. The van der Waals surface area contributed by atoms with Gasteiger partial charge in [-0.05, 0) is 30.6 Å². The van der Waals surface area contributed by atoms with Crippen LogP contribution in [0.1, 0.15) is 26.2 Å². The van der Waals surface area contributed by atoms with E-state index in [1.807, 2.05) is 0 Å². The molecule has 1 fully saturated rings. The van der Waals surface area contributed by atoms with Gasteiger partial charge in [0, 0.05) is 7.11 Å². The van der Waals surface area contributed by atoms with Crippen LogP contribution in [0.3, 0.4) is 0 Å². The van der Waals surface area contributed by atoms with Crippen molar-refractivity contribution in [2.45, 2.75) is 26.2 Å². The van der Waals surface area contributed by atoms with Gasteiger partial charge in [-0.1, -0.05) is 19.1 Å². The Morgan fingerprint density at radius 2 is 2.27 bits per heavy atom. The van der Waals surface area contributed by atoms with Gasteiger partial charge in [-0.15, -0.1) is 0 Å². The van der Waals surface area contributed by atoms with Gasteiger partial charge in [0.25, 0.3) is 0 Å². The molecule has 2 unspecified atom stereocenters. The van der Waals surface area contributed by atoms with Gasteiger partial charge in [-0.3, -0.25) is 0 Å². The Balaban J connectivity index is 0.000000179. The normalized spacial score (nSPS) is 38.9. The van der Waals surface area contributed by atoms with E-state index in [0.717, 1.165) is 16.4 Å². The zero-order valence-corrected chi connectivity index (χ0v) is 9.76. The maximum absolute atomic E-state index is 4.39. The molecule has 0 aromatic rings. The third-order valence-corrected chi connectivity index (χ3v) is 2.59. The Hall–Kier alpha value is -0.0831. The molecule has 0 aromatic heterocycles. The Labute approximate surface area is 72.4 Å². The highest BCUT2D eigenvalue weighted by Gasteiger charge is 2.36. The van der Waals surface area contributed by atoms with Crippen LogP contribution in [0.2, 0.25) is 0 Å². The second-order valence-corrected chi connectivity index (χ2v) is 4.74. The molecular weight excluding hydrogens is 152 g/mol. The van der Waals surface area contributed by atoms with Crippen LogP contribution in [0.4, 0.5) is 0 Å². The van der Waals surface area contributed by atoms with E-state index in [9.17, 15) is 0 Å². The van der Waals surface area contributed by atoms with Crippen molar-refractivity contribution in [3.8, 4) is 0 Å². The summed E-state index contributed by atoms with van der Waals surface area (Å²) in [5.41, 5.74) is 0.630. The van der Waals surface area contributed by atoms with E-state index in [-0.39, 0.29) is 0 Å². The summed E-state index contributed by atoms with van der Waals surface area (Å²) in [6.45, 7) is 2.37. The molecule has 0 amide bonds. The minimum Gasteiger partial charge on any atom is -0.431 e. The van der Waals surface area contributed by atoms with Gasteiger partial charge in [-0.25, -0.2) is 0 Å². The average Bonchev–Trinajstić information content (AvgIpc) is 2.46. The molecule has 2 bridgehead atoms. The van der Waals surface area contributed by atoms with Crippen LogP contribution in [-0.2, 0) is 4.43 Å². The summed E-state index contributed by atoms with van der Waals surface area (Å²) in [7, 11) is 2.56. The van der Waals surface area contributed by atoms with Crippen LogP contribution in [-0.4, -0.2) is 17.6 Å². The highest BCUT2D eigenvalue weighted by molar-refractivity contribution is 5.97. The second kappa shape index (κ2) is 3.54. The monoisotopic (exact) mass is 170 g/mol. The van der Waals surface area contributed by atoms with Crippen molar-refractivity contribution >= 4 is 10.5 Å². The van der Waals surface area contributed by atoms with Crippen molar-refractivity contribution in [3.05, 3.63) is 12.2 Å². The standard InChI is InChI=1S/C8H12.CH6OSi/c1-8-4-2-7(6-8)3-5-8;1-2-3/h2,4,7H,3,5-6H2,1H3;1,3H3. The van der Waals surface area contributed by atoms with Crippen LogP contribution in [0.5, 0.6) is 0 Å². The summed E-state index contributed by atoms with van der Waals surface area (Å²) in [5, 5.41) is 0. The predicted molar refractivity (Wildman–Crippen MR) is 51.5 cm³/mol. The fraction of sp³-hybridized carbons (Fsp3) is 0.778. The molecule has 2 atom stereocenters. The molecule has 2 heteroatoms. The molecule has 0 saturated heterocycles. The summed E-state index contributed by atoms with van der Waals surface area (Å²) in [6, 6.07) is 0. The second-order valence-electron chi connectivity index (χ2n) is 3.92. The molecule has 0 heterocycles. The molecule has 0 N–H and O–H groups in total. The Kier molecular flexibility index (Phi) is 2.90. The summed E-state index contributed by atoms with van der Waals surface area (Å²) >= 11 is 0. The molecule has 2 rings (SSSR count). The summed E-state index contributed by atoms with van der Waals surface area (Å²) in [5.74, 6) is 0.958. The van der Waals surface area contributed by atoms with Crippen LogP contribution >= 0.6 is 0 Å². The van der Waals surface area contributed by atoms with Crippen molar-refractivity contribution in [2.24, 2.45) is 11.3 Å². The van der Waals surface area contributed by atoms with E-state index in [1.165, 1.54) is 19.3 Å². The number of hydrogen-bond donors (Lipinski definition) is 0. The maximum Gasteiger partial charge on any atom is 0.145 e. The van der Waals surface area contributed by atoms with Crippen molar-refractivity contribution in [3.63, 3.8) is 0 Å². The van der Waals surface area contributed by atoms with Gasteiger partial charge < -0.3 is 4.43 Å². The first-order chi connectivity index (χ1) is 5.20. The largest absolute Gasteiger partial charge is 0.431 e. The SMILES string of the molecule is CC12C=CC(CC1)C2.CO[SiH3]. The first-order valence-electron chi connectivity index (χ1n) is 4.30. The fourth-order valence-corrected chi connectivity index (χ4v) is 2.00. The minimum absolute atomic E-state index is 0.630. The lowest BCUT2D eigenvalue weighted by Crippen LogP contribution is -2.02. The van der Waals surface area contributed by atoms with Crippen molar-refractivity contribution in [1.29, 1.82) is 0 Å². The highest BCUT2D eigenvalue weighted by Crippen LogP contribution is 2.48. The molecule has 64 valence electrons. The topological polar surface area (TPSA) is 9.23 Å². The van der Waals surface area contributed by atoms with Gasteiger partial charge in [0.2, 0.25) is 0 Å². The molecule has 0 aliphatic heterocycles. The molecule has 1 saturated carbocycles. The zero-order chi connectivity index (χ0) is 8.32. The molecule has 0 radical (unpaired) electrons. The number of allylic oxidation sites excluding steroid dienone is 2. The molecule has 0 aromatic carbocycles. The van der Waals surface area contributed by atoms with E-state index in [0.29, 0.717) is 5.41 Å². The summed E-state index contributed by atoms with van der Waals surface area (Å²) in [4.78, 5) is 0. The molecule has 11 heavy (non-hydrogen) atoms. The molecule has 0 spiro atoms. The smallest absolute Gasteiger partial charge is 0.145 e. The van der Waals surface area contributed by atoms with Crippen LogP contribution in [0.15, 0.2) is 12.2 Å². The first-order valence-corrected chi connectivity index (χ1v) is 5.11. The third-order valence-electron chi connectivity index (χ3n) is 2.59. The van der Waals surface area contributed by atoms with Gasteiger partial charge >= 0.3 is 0 Å². The summed E-state index contributed by atoms with van der Waals surface area (Å²) < 4.78 is 4.39. The lowest BCUT2D eigenvalue weighted by atomic mass is 9.91. The molecular formula is C9H18OSi. The van der Waals surface area contributed by atoms with E-state index in [1.54, 1.807) is 7.11 Å².